The predicted molar refractivity (Wildman–Crippen MR) is 64.0 cm³/mol. The van der Waals surface area contributed by atoms with Gasteiger partial charge in [0.25, 0.3) is 0 Å². The molecule has 0 atom stereocenters. The second-order valence-electron chi connectivity index (χ2n) is 4.70. The highest BCUT2D eigenvalue weighted by molar-refractivity contribution is 8.00. The van der Waals surface area contributed by atoms with Gasteiger partial charge in [-0.25, -0.2) is 0 Å². The van der Waals surface area contributed by atoms with E-state index in [1.165, 1.54) is 0 Å². The maximum atomic E-state index is 12.1. The lowest BCUT2D eigenvalue weighted by Gasteiger charge is -2.28. The zero-order valence-corrected chi connectivity index (χ0v) is 10.6. The van der Waals surface area contributed by atoms with Gasteiger partial charge in [0.05, 0.1) is 11.6 Å². The van der Waals surface area contributed by atoms with Gasteiger partial charge in [0, 0.05) is 12.1 Å². The lowest BCUT2D eigenvalue weighted by atomic mass is 10.3. The molecule has 0 bridgehead atoms. The van der Waals surface area contributed by atoms with E-state index >= 15 is 0 Å². The Hall–Kier alpha value is -0.710. The Bertz CT molecular complexity index is 300. The van der Waals surface area contributed by atoms with Crippen LogP contribution in [0.2, 0.25) is 0 Å². The molecule has 2 aliphatic rings. The van der Waals surface area contributed by atoms with Gasteiger partial charge in [-0.1, -0.05) is 0 Å². The summed E-state index contributed by atoms with van der Waals surface area (Å²) in [7, 11) is 0. The van der Waals surface area contributed by atoms with Crippen molar-refractivity contribution >= 4 is 23.6 Å². The second kappa shape index (κ2) is 4.65. The fourth-order valence-electron chi connectivity index (χ4n) is 2.05. The first-order chi connectivity index (χ1) is 7.59. The second-order valence-corrected chi connectivity index (χ2v) is 5.65. The SMILES string of the molecule is CC(C)N(C(=O)CN1CSCC1=O)C1CC1. The molecule has 0 spiro atoms. The van der Waals surface area contributed by atoms with Crippen molar-refractivity contribution in [1.29, 1.82) is 0 Å². The van der Waals surface area contributed by atoms with Crippen molar-refractivity contribution in [3.8, 4) is 0 Å². The van der Waals surface area contributed by atoms with E-state index in [1.807, 2.05) is 18.7 Å². The highest BCUT2D eigenvalue weighted by Crippen LogP contribution is 2.29. The molecule has 90 valence electrons. The Morgan fingerprint density at radius 3 is 2.69 bits per heavy atom. The van der Waals surface area contributed by atoms with Gasteiger partial charge in [-0.3, -0.25) is 9.59 Å². The van der Waals surface area contributed by atoms with E-state index in [0.717, 1.165) is 12.8 Å². The number of rotatable bonds is 4. The Labute approximate surface area is 100 Å². The molecule has 2 fully saturated rings. The van der Waals surface area contributed by atoms with Gasteiger partial charge >= 0.3 is 0 Å². The summed E-state index contributed by atoms with van der Waals surface area (Å²) in [6, 6.07) is 0.670. The van der Waals surface area contributed by atoms with Crippen molar-refractivity contribution in [2.24, 2.45) is 0 Å². The van der Waals surface area contributed by atoms with E-state index < -0.39 is 0 Å². The molecular weight excluding hydrogens is 224 g/mol. The number of nitrogens with zero attached hydrogens (tertiary/aromatic N) is 2. The molecule has 1 saturated heterocycles. The van der Waals surface area contributed by atoms with Crippen LogP contribution in [0.5, 0.6) is 0 Å². The number of carbonyl (C=O) groups is 2. The van der Waals surface area contributed by atoms with Gasteiger partial charge in [0.15, 0.2) is 0 Å². The monoisotopic (exact) mass is 242 g/mol. The number of carbonyl (C=O) groups excluding carboxylic acids is 2. The molecule has 0 unspecified atom stereocenters. The van der Waals surface area contributed by atoms with E-state index in [9.17, 15) is 9.59 Å². The maximum Gasteiger partial charge on any atom is 0.242 e. The Morgan fingerprint density at radius 2 is 2.25 bits per heavy atom. The van der Waals surface area contributed by atoms with Crippen molar-refractivity contribution in [2.45, 2.75) is 38.8 Å². The van der Waals surface area contributed by atoms with E-state index in [1.54, 1.807) is 16.7 Å². The lowest BCUT2D eigenvalue weighted by Crippen LogP contribution is -2.45. The van der Waals surface area contributed by atoms with Gasteiger partial charge < -0.3 is 9.80 Å². The van der Waals surface area contributed by atoms with Gasteiger partial charge in [0.2, 0.25) is 11.8 Å². The Kier molecular flexibility index (Phi) is 3.42. The lowest BCUT2D eigenvalue weighted by molar-refractivity contribution is -0.139. The Balaban J connectivity index is 1.92. The minimum Gasteiger partial charge on any atom is -0.336 e. The molecule has 4 nitrogen and oxygen atoms in total. The standard InChI is InChI=1S/C11H18N2O2S/c1-8(2)13(9-3-4-9)10(14)5-12-7-16-6-11(12)15/h8-9H,3-7H2,1-2H3. The molecule has 0 aromatic heterocycles. The van der Waals surface area contributed by atoms with Crippen LogP contribution in [0.4, 0.5) is 0 Å². The fourth-order valence-corrected chi connectivity index (χ4v) is 2.96. The summed E-state index contributed by atoms with van der Waals surface area (Å²) in [5, 5.41) is 0. The van der Waals surface area contributed by atoms with E-state index in [-0.39, 0.29) is 24.4 Å². The molecule has 1 heterocycles. The van der Waals surface area contributed by atoms with Gasteiger partial charge in [-0.15, -0.1) is 11.8 Å². The molecule has 0 aromatic carbocycles. The number of thioether (sulfide) groups is 1. The maximum absolute atomic E-state index is 12.1. The van der Waals surface area contributed by atoms with Crippen LogP contribution in [0.1, 0.15) is 26.7 Å². The zero-order valence-electron chi connectivity index (χ0n) is 9.81. The third-order valence-electron chi connectivity index (χ3n) is 2.94. The molecule has 16 heavy (non-hydrogen) atoms. The fraction of sp³-hybridized carbons (Fsp3) is 0.818. The van der Waals surface area contributed by atoms with Crippen molar-refractivity contribution in [3.63, 3.8) is 0 Å². The summed E-state index contributed by atoms with van der Waals surface area (Å²) < 4.78 is 0. The molecule has 1 aliphatic carbocycles. The van der Waals surface area contributed by atoms with Crippen LogP contribution in [0.15, 0.2) is 0 Å². The minimum atomic E-state index is 0.0952. The first-order valence-corrected chi connectivity index (χ1v) is 6.91. The number of amides is 2. The van der Waals surface area contributed by atoms with Crippen LogP contribution < -0.4 is 0 Å². The number of hydrogen-bond donors (Lipinski definition) is 0. The van der Waals surface area contributed by atoms with Crippen molar-refractivity contribution in [1.82, 2.24) is 9.80 Å². The van der Waals surface area contributed by atoms with Crippen LogP contribution in [0.25, 0.3) is 0 Å². The Morgan fingerprint density at radius 1 is 1.56 bits per heavy atom. The molecule has 1 aliphatic heterocycles. The van der Waals surface area contributed by atoms with Gasteiger partial charge in [0.1, 0.15) is 6.54 Å². The summed E-state index contributed by atoms with van der Waals surface area (Å²) in [5.41, 5.74) is 0. The largest absolute Gasteiger partial charge is 0.336 e. The van der Waals surface area contributed by atoms with Crippen LogP contribution in [0.3, 0.4) is 0 Å². The molecule has 1 saturated carbocycles. The van der Waals surface area contributed by atoms with Crippen LogP contribution in [-0.4, -0.2) is 51.9 Å². The van der Waals surface area contributed by atoms with Crippen molar-refractivity contribution in [2.75, 3.05) is 18.2 Å². The average molecular weight is 242 g/mol. The topological polar surface area (TPSA) is 40.6 Å². The highest BCUT2D eigenvalue weighted by atomic mass is 32.2. The van der Waals surface area contributed by atoms with Gasteiger partial charge in [-0.05, 0) is 26.7 Å². The van der Waals surface area contributed by atoms with E-state index in [0.29, 0.717) is 17.7 Å². The molecular formula is C11H18N2O2S. The van der Waals surface area contributed by atoms with Crippen molar-refractivity contribution in [3.05, 3.63) is 0 Å². The quantitative estimate of drug-likeness (QED) is 0.736. The van der Waals surface area contributed by atoms with E-state index in [2.05, 4.69) is 0 Å². The van der Waals surface area contributed by atoms with Crippen LogP contribution >= 0.6 is 11.8 Å². The zero-order chi connectivity index (χ0) is 11.7. The molecule has 0 N–H and O–H groups in total. The summed E-state index contributed by atoms with van der Waals surface area (Å²) in [6.07, 6.45) is 2.24. The predicted octanol–water partition coefficient (Wildman–Crippen LogP) is 0.919. The first-order valence-electron chi connectivity index (χ1n) is 5.76. The summed E-state index contributed by atoms with van der Waals surface area (Å²) >= 11 is 1.58. The first kappa shape index (κ1) is 11.8. The summed E-state index contributed by atoms with van der Waals surface area (Å²) in [6.45, 7) is 4.34. The molecule has 5 heteroatoms. The van der Waals surface area contributed by atoms with E-state index in [4.69, 9.17) is 0 Å². The summed E-state index contributed by atoms with van der Waals surface area (Å²) in [5.74, 6) is 1.39. The minimum absolute atomic E-state index is 0.0952. The van der Waals surface area contributed by atoms with Crippen molar-refractivity contribution < 1.29 is 9.59 Å². The average Bonchev–Trinajstić information content (AvgIpc) is 2.93. The molecule has 2 rings (SSSR count). The third-order valence-corrected chi connectivity index (χ3v) is 3.88. The molecule has 2 amide bonds. The van der Waals surface area contributed by atoms with Crippen LogP contribution in [0, 0.1) is 0 Å². The van der Waals surface area contributed by atoms with Crippen LogP contribution in [-0.2, 0) is 9.59 Å². The normalized spacial score (nSPS) is 20.7. The smallest absolute Gasteiger partial charge is 0.242 e. The number of hydrogen-bond acceptors (Lipinski definition) is 3. The molecule has 0 aromatic rings. The third kappa shape index (κ3) is 2.51. The van der Waals surface area contributed by atoms with Gasteiger partial charge in [-0.2, -0.15) is 0 Å². The molecule has 0 radical (unpaired) electrons. The summed E-state index contributed by atoms with van der Waals surface area (Å²) in [4.78, 5) is 27.1. The highest BCUT2D eigenvalue weighted by Gasteiger charge is 2.35.